The van der Waals surface area contributed by atoms with Gasteiger partial charge < -0.3 is 19.9 Å². The van der Waals surface area contributed by atoms with E-state index in [-0.39, 0.29) is 18.6 Å². The second-order valence-corrected chi connectivity index (χ2v) is 8.89. The number of carbonyl (C=O) groups excluding carboxylic acids is 1. The van der Waals surface area contributed by atoms with Crippen LogP contribution in [0.4, 0.5) is 0 Å². The molecule has 32 heavy (non-hydrogen) atoms. The number of rotatable bonds is 9. The molecule has 0 aliphatic carbocycles. The number of ether oxygens (including phenoxy) is 2. The summed E-state index contributed by atoms with van der Waals surface area (Å²) >= 11 is 0. The quantitative estimate of drug-likeness (QED) is 0.627. The lowest BCUT2D eigenvalue weighted by Crippen LogP contribution is -2.42. The van der Waals surface area contributed by atoms with Gasteiger partial charge in [-0.2, -0.15) is 0 Å². The van der Waals surface area contributed by atoms with Crippen molar-refractivity contribution in [1.29, 1.82) is 0 Å². The summed E-state index contributed by atoms with van der Waals surface area (Å²) in [6, 6.07) is 13.4. The number of hydrogen-bond acceptors (Lipinski definition) is 5. The van der Waals surface area contributed by atoms with E-state index in [1.807, 2.05) is 6.92 Å². The minimum Gasteiger partial charge on any atom is -0.491 e. The first-order chi connectivity index (χ1) is 15.6. The van der Waals surface area contributed by atoms with Gasteiger partial charge in [0.05, 0.1) is 12.1 Å². The first-order valence-corrected chi connectivity index (χ1v) is 11.8. The molecule has 2 aliphatic rings. The molecule has 2 aromatic rings. The lowest BCUT2D eigenvalue weighted by atomic mass is 10.00. The van der Waals surface area contributed by atoms with Crippen LogP contribution in [0.15, 0.2) is 42.5 Å². The van der Waals surface area contributed by atoms with Crippen LogP contribution in [0.5, 0.6) is 11.5 Å². The van der Waals surface area contributed by atoms with Crippen molar-refractivity contribution in [2.45, 2.75) is 57.7 Å². The number of aliphatic hydroxyl groups is 1. The molecule has 172 valence electrons. The molecule has 0 aromatic heterocycles. The Balaban J connectivity index is 1.28. The molecule has 2 aromatic carbocycles. The molecular weight excluding hydrogens is 404 g/mol. The summed E-state index contributed by atoms with van der Waals surface area (Å²) in [7, 11) is 0. The van der Waals surface area contributed by atoms with Gasteiger partial charge in [0.2, 0.25) is 0 Å². The van der Waals surface area contributed by atoms with Crippen molar-refractivity contribution in [1.82, 2.24) is 10.2 Å². The lowest BCUT2D eigenvalue weighted by Gasteiger charge is -2.27. The van der Waals surface area contributed by atoms with E-state index in [1.165, 1.54) is 31.5 Å². The molecule has 0 radical (unpaired) electrons. The Bertz CT molecular complexity index is 893. The number of carbonyl (C=O) groups is 1. The molecule has 1 unspecified atom stereocenters. The van der Waals surface area contributed by atoms with Crippen molar-refractivity contribution in [3.8, 4) is 11.5 Å². The largest absolute Gasteiger partial charge is 0.491 e. The van der Waals surface area contributed by atoms with Crippen LogP contribution in [0.2, 0.25) is 0 Å². The van der Waals surface area contributed by atoms with E-state index < -0.39 is 6.10 Å². The van der Waals surface area contributed by atoms with Crippen LogP contribution in [0.1, 0.15) is 54.1 Å². The third-order valence-corrected chi connectivity index (χ3v) is 6.16. The highest BCUT2D eigenvalue weighted by Crippen LogP contribution is 2.27. The highest BCUT2D eigenvalue weighted by Gasteiger charge is 2.23. The van der Waals surface area contributed by atoms with E-state index >= 15 is 0 Å². The predicted octanol–water partition coefficient (Wildman–Crippen LogP) is 3.56. The normalized spacial score (nSPS) is 19.1. The average molecular weight is 439 g/mol. The first kappa shape index (κ1) is 22.6. The molecule has 1 amide bonds. The maximum atomic E-state index is 12.7. The molecule has 1 fully saturated rings. The Morgan fingerprint density at radius 1 is 1.22 bits per heavy atom. The number of fused-ring (bicyclic) bond motifs is 1. The Kier molecular flexibility index (Phi) is 7.66. The van der Waals surface area contributed by atoms with Gasteiger partial charge >= 0.3 is 0 Å². The van der Waals surface area contributed by atoms with Crippen molar-refractivity contribution in [2.75, 3.05) is 26.3 Å². The van der Waals surface area contributed by atoms with E-state index in [4.69, 9.17) is 9.47 Å². The minimum atomic E-state index is -0.464. The number of aliphatic hydroxyl groups excluding tert-OH is 1. The highest BCUT2D eigenvalue weighted by molar-refractivity contribution is 5.94. The molecule has 2 aliphatic heterocycles. The van der Waals surface area contributed by atoms with Crippen LogP contribution >= 0.6 is 0 Å². The average Bonchev–Trinajstić information content (AvgIpc) is 3.31. The Hall–Kier alpha value is -2.57. The van der Waals surface area contributed by atoms with Gasteiger partial charge in [-0.1, -0.05) is 25.5 Å². The van der Waals surface area contributed by atoms with Gasteiger partial charge in [0.1, 0.15) is 24.7 Å². The molecule has 4 rings (SSSR count). The predicted molar refractivity (Wildman–Crippen MR) is 124 cm³/mol. The summed E-state index contributed by atoms with van der Waals surface area (Å²) < 4.78 is 11.6. The summed E-state index contributed by atoms with van der Waals surface area (Å²) in [5.41, 5.74) is 3.01. The van der Waals surface area contributed by atoms with Gasteiger partial charge in [-0.05, 0) is 80.2 Å². The first-order valence-electron chi connectivity index (χ1n) is 11.8. The number of likely N-dealkylation sites (tertiary alicyclic amines) is 1. The van der Waals surface area contributed by atoms with Crippen molar-refractivity contribution in [2.24, 2.45) is 0 Å². The summed E-state index contributed by atoms with van der Waals surface area (Å²) in [6.45, 7) is 6.10. The van der Waals surface area contributed by atoms with Crippen molar-refractivity contribution in [3.63, 3.8) is 0 Å². The molecule has 1 saturated heterocycles. The molecule has 0 bridgehead atoms. The van der Waals surface area contributed by atoms with Crippen LogP contribution in [0.3, 0.4) is 0 Å². The molecular formula is C26H34N2O4. The Labute approximate surface area is 190 Å². The zero-order valence-electron chi connectivity index (χ0n) is 18.9. The smallest absolute Gasteiger partial charge is 0.251 e. The van der Waals surface area contributed by atoms with E-state index in [2.05, 4.69) is 28.4 Å². The fraction of sp³-hybridized carbons (Fsp3) is 0.500. The second-order valence-electron chi connectivity index (χ2n) is 8.89. The Morgan fingerprint density at radius 3 is 2.75 bits per heavy atom. The summed E-state index contributed by atoms with van der Waals surface area (Å²) in [6.07, 6.45) is 4.52. The van der Waals surface area contributed by atoms with Gasteiger partial charge in [0, 0.05) is 12.1 Å². The maximum absolute atomic E-state index is 12.7. The van der Waals surface area contributed by atoms with Crippen molar-refractivity contribution >= 4 is 5.91 Å². The number of benzene rings is 2. The molecule has 0 spiro atoms. The van der Waals surface area contributed by atoms with E-state index in [9.17, 15) is 9.90 Å². The van der Waals surface area contributed by atoms with Crippen LogP contribution in [-0.4, -0.2) is 54.4 Å². The van der Waals surface area contributed by atoms with Crippen LogP contribution in [-0.2, 0) is 13.0 Å². The lowest BCUT2D eigenvalue weighted by molar-refractivity contribution is 0.0914. The number of nitrogens with one attached hydrogen (secondary N) is 1. The van der Waals surface area contributed by atoms with Crippen LogP contribution in [0.25, 0.3) is 0 Å². The number of nitrogens with zero attached hydrogens (tertiary/aromatic N) is 1. The van der Waals surface area contributed by atoms with E-state index in [1.54, 1.807) is 24.3 Å². The minimum absolute atomic E-state index is 0.0560. The number of amides is 1. The third kappa shape index (κ3) is 6.02. The van der Waals surface area contributed by atoms with Gasteiger partial charge in [-0.3, -0.25) is 9.69 Å². The fourth-order valence-corrected chi connectivity index (χ4v) is 4.39. The van der Waals surface area contributed by atoms with Gasteiger partial charge in [0.25, 0.3) is 5.91 Å². The van der Waals surface area contributed by atoms with Crippen LogP contribution < -0.4 is 14.8 Å². The van der Waals surface area contributed by atoms with Gasteiger partial charge in [-0.15, -0.1) is 0 Å². The second kappa shape index (κ2) is 10.8. The highest BCUT2D eigenvalue weighted by atomic mass is 16.5. The molecule has 6 nitrogen and oxygen atoms in total. The topological polar surface area (TPSA) is 71.0 Å². The van der Waals surface area contributed by atoms with Gasteiger partial charge in [-0.25, -0.2) is 0 Å². The summed E-state index contributed by atoms with van der Waals surface area (Å²) in [4.78, 5) is 15.2. The van der Waals surface area contributed by atoms with Crippen molar-refractivity contribution < 1.29 is 19.4 Å². The zero-order chi connectivity index (χ0) is 22.3. The maximum Gasteiger partial charge on any atom is 0.251 e. The molecule has 0 saturated carbocycles. The zero-order valence-corrected chi connectivity index (χ0v) is 18.9. The van der Waals surface area contributed by atoms with E-state index in [0.717, 1.165) is 30.7 Å². The monoisotopic (exact) mass is 438 g/mol. The SMILES string of the molecule is CCCC(O)COc1ccc(C(=O)N[C@H]2COc3cc(CN4CCCC4)ccc3C2)cc1. The fourth-order valence-electron chi connectivity index (χ4n) is 4.39. The summed E-state index contributed by atoms with van der Waals surface area (Å²) in [5.74, 6) is 1.47. The van der Waals surface area contributed by atoms with Crippen molar-refractivity contribution in [3.05, 3.63) is 59.2 Å². The third-order valence-electron chi connectivity index (χ3n) is 6.16. The standard InChI is InChI=1S/C26H34N2O4/c1-2-5-23(29)18-31-24-10-8-20(9-11-24)26(30)27-22-15-21-7-6-19(14-25(21)32-17-22)16-28-12-3-4-13-28/h6-11,14,22-23,29H,2-5,12-13,15-18H2,1H3,(H,27,30)/t22-,23?/m1/s1. The molecule has 2 N–H and O–H groups in total. The molecule has 6 heteroatoms. The molecule has 2 atom stereocenters. The molecule has 2 heterocycles. The van der Waals surface area contributed by atoms with E-state index in [0.29, 0.717) is 24.3 Å². The Morgan fingerprint density at radius 2 is 2.00 bits per heavy atom. The number of hydrogen-bond donors (Lipinski definition) is 2. The van der Waals surface area contributed by atoms with Crippen LogP contribution in [0, 0.1) is 0 Å². The summed E-state index contributed by atoms with van der Waals surface area (Å²) in [5, 5.41) is 12.9. The van der Waals surface area contributed by atoms with Gasteiger partial charge in [0.15, 0.2) is 0 Å².